The van der Waals surface area contributed by atoms with Gasteiger partial charge in [0.2, 0.25) is 6.73 Å². The number of halogens is 1. The van der Waals surface area contributed by atoms with Gasteiger partial charge in [-0.2, -0.15) is 0 Å². The Hall–Kier alpha value is -2.50. The van der Waals surface area contributed by atoms with Crippen molar-refractivity contribution >= 4 is 22.6 Å². The lowest BCUT2D eigenvalue weighted by Gasteiger charge is -2.27. The summed E-state index contributed by atoms with van der Waals surface area (Å²) in [6.07, 6.45) is 3.55. The minimum absolute atomic E-state index is 0.212. The van der Waals surface area contributed by atoms with E-state index in [9.17, 15) is 4.79 Å². The van der Waals surface area contributed by atoms with Crippen molar-refractivity contribution in [2.75, 3.05) is 20.4 Å². The number of hydrogen-bond donors (Lipinski definition) is 1. The molecular formula is C23H23ClNO4+. The molecule has 29 heavy (non-hydrogen) atoms. The first-order valence-corrected chi connectivity index (χ1v) is 10.4. The highest BCUT2D eigenvalue weighted by molar-refractivity contribution is 6.33. The molecule has 6 heteroatoms. The Morgan fingerprint density at radius 2 is 2.00 bits per heavy atom. The number of para-hydroxylation sites is 1. The van der Waals surface area contributed by atoms with Crippen LogP contribution < -0.4 is 20.0 Å². The van der Waals surface area contributed by atoms with Gasteiger partial charge in [-0.1, -0.05) is 29.8 Å². The van der Waals surface area contributed by atoms with Gasteiger partial charge in [0.15, 0.2) is 11.3 Å². The Labute approximate surface area is 173 Å². The van der Waals surface area contributed by atoms with Gasteiger partial charge < -0.3 is 13.9 Å². The number of nitrogens with one attached hydrogen (secondary N) is 1. The second-order valence-electron chi connectivity index (χ2n) is 7.77. The van der Waals surface area contributed by atoms with Crippen molar-refractivity contribution in [3.8, 4) is 11.5 Å². The topological polar surface area (TPSA) is 53.1 Å². The standard InChI is InChI=1S/C23H22ClNO4/c1-27-20-8-3-2-5-14(20)9-10-25-12-18-21-17(11-19(24)22(18)28-13-25)15-6-4-7-16(15)23(26)29-21/h2-3,5,8,11H,4,6-7,9-10,12-13H2,1H3/p+1. The van der Waals surface area contributed by atoms with E-state index in [1.165, 1.54) is 10.5 Å². The van der Waals surface area contributed by atoms with Crippen LogP contribution in [0.1, 0.15) is 28.7 Å². The summed E-state index contributed by atoms with van der Waals surface area (Å²) in [6, 6.07) is 9.98. The molecule has 0 saturated heterocycles. The Balaban J connectivity index is 1.48. The van der Waals surface area contributed by atoms with E-state index in [4.69, 9.17) is 25.5 Å². The highest BCUT2D eigenvalue weighted by atomic mass is 35.5. The second-order valence-corrected chi connectivity index (χ2v) is 8.18. The average Bonchev–Trinajstić information content (AvgIpc) is 3.24. The number of quaternary nitrogens is 1. The third-order valence-electron chi connectivity index (χ3n) is 6.05. The fourth-order valence-electron chi connectivity index (χ4n) is 4.60. The van der Waals surface area contributed by atoms with Crippen LogP contribution in [0.3, 0.4) is 0 Å². The normalized spacial score (nSPS) is 17.7. The molecule has 0 fully saturated rings. The predicted octanol–water partition coefficient (Wildman–Crippen LogP) is 2.92. The van der Waals surface area contributed by atoms with E-state index in [0.717, 1.165) is 60.1 Å². The molecule has 1 N–H and O–H groups in total. The van der Waals surface area contributed by atoms with Crippen LogP contribution in [0.15, 0.2) is 39.5 Å². The number of hydrogen-bond acceptors (Lipinski definition) is 4. The molecule has 1 unspecified atom stereocenters. The first-order valence-electron chi connectivity index (χ1n) is 10.0. The zero-order chi connectivity index (χ0) is 20.0. The summed E-state index contributed by atoms with van der Waals surface area (Å²) in [5, 5.41) is 1.56. The molecule has 0 radical (unpaired) electrons. The average molecular weight is 413 g/mol. The summed E-state index contributed by atoms with van der Waals surface area (Å²) >= 11 is 6.55. The molecule has 0 saturated carbocycles. The van der Waals surface area contributed by atoms with Gasteiger partial charge in [0.1, 0.15) is 12.3 Å². The molecule has 0 bridgehead atoms. The maximum atomic E-state index is 12.5. The van der Waals surface area contributed by atoms with E-state index in [1.54, 1.807) is 7.11 Å². The number of rotatable bonds is 4. The molecule has 0 spiro atoms. The quantitative estimate of drug-likeness (QED) is 0.669. The molecule has 3 aromatic rings. The van der Waals surface area contributed by atoms with Gasteiger partial charge in [-0.25, -0.2) is 4.79 Å². The number of benzene rings is 2. The van der Waals surface area contributed by atoms with Gasteiger partial charge in [0.05, 0.1) is 24.2 Å². The minimum atomic E-state index is -0.212. The molecule has 2 aromatic carbocycles. The molecule has 150 valence electrons. The molecule has 1 aromatic heterocycles. The maximum Gasteiger partial charge on any atom is 0.339 e. The van der Waals surface area contributed by atoms with E-state index >= 15 is 0 Å². The van der Waals surface area contributed by atoms with Crippen molar-refractivity contribution in [2.45, 2.75) is 32.2 Å². The lowest BCUT2D eigenvalue weighted by Crippen LogP contribution is -3.12. The highest BCUT2D eigenvalue weighted by Gasteiger charge is 2.29. The molecule has 0 amide bonds. The largest absolute Gasteiger partial charge is 0.496 e. The molecule has 1 atom stereocenters. The Morgan fingerprint density at radius 1 is 1.17 bits per heavy atom. The molecule has 5 nitrogen and oxygen atoms in total. The van der Waals surface area contributed by atoms with Crippen molar-refractivity contribution in [1.29, 1.82) is 0 Å². The van der Waals surface area contributed by atoms with E-state index in [1.807, 2.05) is 24.3 Å². The maximum absolute atomic E-state index is 12.5. The first-order chi connectivity index (χ1) is 14.2. The van der Waals surface area contributed by atoms with Crippen LogP contribution in [0, 0.1) is 0 Å². The molecule has 2 aliphatic rings. The third-order valence-corrected chi connectivity index (χ3v) is 6.33. The summed E-state index contributed by atoms with van der Waals surface area (Å²) in [7, 11) is 1.69. The van der Waals surface area contributed by atoms with Crippen molar-refractivity contribution < 1.29 is 18.8 Å². The van der Waals surface area contributed by atoms with E-state index in [2.05, 4.69) is 6.07 Å². The van der Waals surface area contributed by atoms with Crippen LogP contribution in [0.5, 0.6) is 11.5 Å². The van der Waals surface area contributed by atoms with Gasteiger partial charge in [0, 0.05) is 17.4 Å². The van der Waals surface area contributed by atoms with Crippen LogP contribution in [0.25, 0.3) is 11.0 Å². The van der Waals surface area contributed by atoms with Crippen LogP contribution >= 0.6 is 11.6 Å². The van der Waals surface area contributed by atoms with E-state index in [0.29, 0.717) is 29.6 Å². The van der Waals surface area contributed by atoms with E-state index in [-0.39, 0.29) is 5.63 Å². The number of aryl methyl sites for hydroxylation is 1. The lowest BCUT2D eigenvalue weighted by molar-refractivity contribution is -0.932. The number of fused-ring (bicyclic) bond motifs is 5. The van der Waals surface area contributed by atoms with Gasteiger partial charge in [-0.15, -0.1) is 0 Å². The molecular weight excluding hydrogens is 390 g/mol. The van der Waals surface area contributed by atoms with Crippen molar-refractivity contribution in [3.05, 3.63) is 68.0 Å². The van der Waals surface area contributed by atoms with Gasteiger partial charge >= 0.3 is 5.63 Å². The van der Waals surface area contributed by atoms with Crippen molar-refractivity contribution in [2.24, 2.45) is 0 Å². The fourth-order valence-corrected chi connectivity index (χ4v) is 4.88. The van der Waals surface area contributed by atoms with Gasteiger partial charge in [-0.05, 0) is 42.5 Å². The zero-order valence-corrected chi connectivity index (χ0v) is 17.1. The molecule has 1 aliphatic carbocycles. The SMILES string of the molecule is COc1ccccc1CC[NH+]1COc2c(Cl)cc3c4c(c(=O)oc3c2C1)CCC4. The Kier molecular flexibility index (Phi) is 4.72. The number of ether oxygens (including phenoxy) is 2. The molecule has 2 heterocycles. The van der Waals surface area contributed by atoms with Crippen LogP contribution in [-0.2, 0) is 25.8 Å². The summed E-state index contributed by atoms with van der Waals surface area (Å²) in [5.74, 6) is 1.56. The summed E-state index contributed by atoms with van der Waals surface area (Å²) in [4.78, 5) is 13.8. The monoisotopic (exact) mass is 412 g/mol. The van der Waals surface area contributed by atoms with Gasteiger partial charge in [0.25, 0.3) is 0 Å². The van der Waals surface area contributed by atoms with E-state index < -0.39 is 0 Å². The Bertz CT molecular complexity index is 1150. The first kappa shape index (κ1) is 18.5. The fraction of sp³-hybridized carbons (Fsp3) is 0.348. The molecule has 5 rings (SSSR count). The van der Waals surface area contributed by atoms with Gasteiger partial charge in [-0.3, -0.25) is 4.90 Å². The Morgan fingerprint density at radius 3 is 2.86 bits per heavy atom. The van der Waals surface area contributed by atoms with Crippen LogP contribution in [-0.4, -0.2) is 20.4 Å². The summed E-state index contributed by atoms with van der Waals surface area (Å²) in [5.41, 5.74) is 4.42. The summed E-state index contributed by atoms with van der Waals surface area (Å²) in [6.45, 7) is 2.12. The van der Waals surface area contributed by atoms with Crippen molar-refractivity contribution in [1.82, 2.24) is 0 Å². The lowest BCUT2D eigenvalue weighted by atomic mass is 10.0. The number of methoxy groups -OCH3 is 1. The molecule has 1 aliphatic heterocycles. The zero-order valence-electron chi connectivity index (χ0n) is 16.3. The van der Waals surface area contributed by atoms with Crippen LogP contribution in [0.4, 0.5) is 0 Å². The smallest absolute Gasteiger partial charge is 0.339 e. The predicted molar refractivity (Wildman–Crippen MR) is 111 cm³/mol. The third kappa shape index (κ3) is 3.18. The second kappa shape index (κ2) is 7.39. The van der Waals surface area contributed by atoms with Crippen molar-refractivity contribution in [3.63, 3.8) is 0 Å². The summed E-state index contributed by atoms with van der Waals surface area (Å²) < 4.78 is 17.3. The highest BCUT2D eigenvalue weighted by Crippen LogP contribution is 2.39. The van der Waals surface area contributed by atoms with Crippen LogP contribution in [0.2, 0.25) is 5.02 Å². The minimum Gasteiger partial charge on any atom is -0.496 e.